The van der Waals surface area contributed by atoms with E-state index in [9.17, 15) is 12.3 Å². The van der Waals surface area contributed by atoms with E-state index in [1.54, 1.807) is 0 Å². The normalized spacial score (nSPS) is 11.7. The van der Waals surface area contributed by atoms with Crippen LogP contribution in [0.2, 0.25) is 5.02 Å². The van der Waals surface area contributed by atoms with Gasteiger partial charge in [-0.2, -0.15) is 18.6 Å². The average Bonchev–Trinajstić information content (AvgIpc) is 2.71. The maximum atomic E-state index is 13.1. The molecule has 3 rings (SSSR count). The van der Waals surface area contributed by atoms with E-state index in [1.807, 2.05) is 42.5 Å². The maximum Gasteiger partial charge on any atom is 0.332 e. The molecular weight excluding hydrogens is 413 g/mol. The van der Waals surface area contributed by atoms with Gasteiger partial charge in [-0.1, -0.05) is 54.1 Å². The van der Waals surface area contributed by atoms with Crippen LogP contribution in [0, 0.1) is 0 Å². The standard InChI is InChI=1S/C21H19ClFN3O2S/c22-20-11-10-19(29(23,27)28)14-21(20)26-25-13-12-16-6-8-18(9-7-16)24-15-17-4-2-1-3-5-17/h1-11,14,24H,12-13,15H2. The summed E-state index contributed by atoms with van der Waals surface area (Å²) in [6.45, 7) is 1.14. The van der Waals surface area contributed by atoms with E-state index in [4.69, 9.17) is 11.6 Å². The lowest BCUT2D eigenvalue weighted by Crippen LogP contribution is -1.99. The highest BCUT2D eigenvalue weighted by atomic mass is 35.5. The molecule has 29 heavy (non-hydrogen) atoms. The highest BCUT2D eigenvalue weighted by Gasteiger charge is 2.13. The van der Waals surface area contributed by atoms with E-state index in [0.29, 0.717) is 13.0 Å². The molecule has 0 saturated heterocycles. The molecule has 0 amide bonds. The molecule has 0 unspecified atom stereocenters. The fourth-order valence-electron chi connectivity index (χ4n) is 2.62. The Morgan fingerprint density at radius 3 is 2.34 bits per heavy atom. The Hall–Kier alpha value is -2.77. The first-order valence-corrected chi connectivity index (χ1v) is 10.7. The number of halogens is 2. The summed E-state index contributed by atoms with van der Waals surface area (Å²) in [5.74, 6) is 0. The van der Waals surface area contributed by atoms with Gasteiger partial charge in [0.2, 0.25) is 0 Å². The molecule has 0 atom stereocenters. The van der Waals surface area contributed by atoms with E-state index >= 15 is 0 Å². The van der Waals surface area contributed by atoms with Crippen LogP contribution in [0.5, 0.6) is 0 Å². The molecule has 5 nitrogen and oxygen atoms in total. The number of nitrogens with zero attached hydrogens (tertiary/aromatic N) is 2. The third-order valence-electron chi connectivity index (χ3n) is 4.17. The predicted molar refractivity (Wildman–Crippen MR) is 113 cm³/mol. The zero-order valence-electron chi connectivity index (χ0n) is 15.4. The van der Waals surface area contributed by atoms with Crippen molar-refractivity contribution in [3.8, 4) is 0 Å². The molecule has 0 saturated carbocycles. The van der Waals surface area contributed by atoms with Crippen LogP contribution >= 0.6 is 11.6 Å². The van der Waals surface area contributed by atoms with Gasteiger partial charge in [0.25, 0.3) is 0 Å². The second kappa shape index (κ2) is 9.62. The molecule has 150 valence electrons. The number of rotatable bonds is 8. The summed E-state index contributed by atoms with van der Waals surface area (Å²) in [5, 5.41) is 11.5. The van der Waals surface area contributed by atoms with Gasteiger partial charge in [0.15, 0.2) is 0 Å². The van der Waals surface area contributed by atoms with Gasteiger partial charge in [-0.05, 0) is 47.9 Å². The van der Waals surface area contributed by atoms with Gasteiger partial charge in [0.1, 0.15) is 10.6 Å². The summed E-state index contributed by atoms with van der Waals surface area (Å²) in [4.78, 5) is -0.491. The van der Waals surface area contributed by atoms with Crippen LogP contribution in [0.4, 0.5) is 15.3 Å². The van der Waals surface area contributed by atoms with Crippen molar-refractivity contribution >= 4 is 33.2 Å². The van der Waals surface area contributed by atoms with E-state index < -0.39 is 15.1 Å². The second-order valence-corrected chi connectivity index (χ2v) is 8.06. The van der Waals surface area contributed by atoms with Crippen LogP contribution < -0.4 is 5.32 Å². The van der Waals surface area contributed by atoms with Gasteiger partial charge < -0.3 is 5.32 Å². The number of nitrogens with one attached hydrogen (secondary N) is 1. The van der Waals surface area contributed by atoms with E-state index in [1.165, 1.54) is 11.6 Å². The van der Waals surface area contributed by atoms with E-state index in [2.05, 4.69) is 27.7 Å². The third kappa shape index (κ3) is 6.37. The second-order valence-electron chi connectivity index (χ2n) is 6.30. The Bertz CT molecular complexity index is 1090. The molecule has 0 heterocycles. The van der Waals surface area contributed by atoms with Gasteiger partial charge >= 0.3 is 10.2 Å². The van der Waals surface area contributed by atoms with Crippen LogP contribution in [0.3, 0.4) is 0 Å². The summed E-state index contributed by atoms with van der Waals surface area (Å²) in [6.07, 6.45) is 0.654. The Balaban J connectivity index is 1.53. The van der Waals surface area contributed by atoms with Crippen LogP contribution in [0.1, 0.15) is 11.1 Å². The molecule has 0 aromatic heterocycles. The van der Waals surface area contributed by atoms with Crippen molar-refractivity contribution in [2.45, 2.75) is 17.9 Å². The van der Waals surface area contributed by atoms with Crippen molar-refractivity contribution in [3.05, 3.63) is 88.9 Å². The van der Waals surface area contributed by atoms with Gasteiger partial charge in [-0.25, -0.2) is 0 Å². The molecule has 0 fully saturated rings. The molecule has 3 aromatic carbocycles. The number of azo groups is 1. The number of hydrogen-bond donors (Lipinski definition) is 1. The van der Waals surface area contributed by atoms with Crippen molar-refractivity contribution in [2.75, 3.05) is 11.9 Å². The molecular formula is C21H19ClFN3O2S. The summed E-state index contributed by atoms with van der Waals surface area (Å²) >= 11 is 5.96. The fourth-order valence-corrected chi connectivity index (χ4v) is 3.25. The molecule has 0 aliphatic rings. The summed E-state index contributed by atoms with van der Waals surface area (Å²) in [5.41, 5.74) is 3.43. The molecule has 1 N–H and O–H groups in total. The number of anilines is 1. The number of benzene rings is 3. The lowest BCUT2D eigenvalue weighted by molar-refractivity contribution is 0.552. The minimum atomic E-state index is -4.81. The highest BCUT2D eigenvalue weighted by molar-refractivity contribution is 7.86. The van der Waals surface area contributed by atoms with E-state index in [-0.39, 0.29) is 10.7 Å². The van der Waals surface area contributed by atoms with Gasteiger partial charge in [-0.15, -0.1) is 3.89 Å². The highest BCUT2D eigenvalue weighted by Crippen LogP contribution is 2.28. The minimum Gasteiger partial charge on any atom is -0.381 e. The zero-order chi connectivity index (χ0) is 20.7. The maximum absolute atomic E-state index is 13.1. The topological polar surface area (TPSA) is 70.9 Å². The smallest absolute Gasteiger partial charge is 0.332 e. The average molecular weight is 432 g/mol. The molecule has 0 spiro atoms. The Morgan fingerprint density at radius 1 is 0.931 bits per heavy atom. The largest absolute Gasteiger partial charge is 0.381 e. The summed E-state index contributed by atoms with van der Waals surface area (Å²) < 4.78 is 35.0. The van der Waals surface area contributed by atoms with Crippen LogP contribution in [-0.2, 0) is 23.2 Å². The van der Waals surface area contributed by atoms with Crippen LogP contribution in [-0.4, -0.2) is 15.0 Å². The minimum absolute atomic E-state index is 0.117. The zero-order valence-corrected chi connectivity index (χ0v) is 17.0. The van der Waals surface area contributed by atoms with Crippen LogP contribution in [0.25, 0.3) is 0 Å². The first-order valence-electron chi connectivity index (χ1n) is 8.90. The first-order chi connectivity index (χ1) is 13.9. The van der Waals surface area contributed by atoms with Crippen molar-refractivity contribution in [1.29, 1.82) is 0 Å². The Labute approximate surface area is 174 Å². The molecule has 0 aliphatic carbocycles. The Kier molecular flexibility index (Phi) is 6.95. The summed E-state index contributed by atoms with van der Waals surface area (Å²) in [6, 6.07) is 21.6. The third-order valence-corrected chi connectivity index (χ3v) is 5.31. The quantitative estimate of drug-likeness (QED) is 0.354. The molecule has 0 aliphatic heterocycles. The molecule has 8 heteroatoms. The van der Waals surface area contributed by atoms with Gasteiger partial charge in [0, 0.05) is 12.2 Å². The van der Waals surface area contributed by atoms with Crippen molar-refractivity contribution in [1.82, 2.24) is 0 Å². The van der Waals surface area contributed by atoms with E-state index in [0.717, 1.165) is 29.9 Å². The van der Waals surface area contributed by atoms with Gasteiger partial charge in [0.05, 0.1) is 11.6 Å². The lowest BCUT2D eigenvalue weighted by atomic mass is 10.1. The Morgan fingerprint density at radius 2 is 1.66 bits per heavy atom. The molecule has 3 aromatic rings. The molecule has 0 bridgehead atoms. The lowest BCUT2D eigenvalue weighted by Gasteiger charge is -2.07. The van der Waals surface area contributed by atoms with Crippen molar-refractivity contribution in [2.24, 2.45) is 10.2 Å². The van der Waals surface area contributed by atoms with Crippen molar-refractivity contribution < 1.29 is 12.3 Å². The van der Waals surface area contributed by atoms with Gasteiger partial charge in [-0.3, -0.25) is 0 Å². The number of hydrogen-bond acceptors (Lipinski definition) is 5. The SMILES string of the molecule is O=S(=O)(F)c1ccc(Cl)c(N=NCCc2ccc(NCc3ccccc3)cc2)c1. The monoisotopic (exact) mass is 431 g/mol. The van der Waals surface area contributed by atoms with Crippen LogP contribution in [0.15, 0.2) is 87.9 Å². The van der Waals surface area contributed by atoms with Crippen molar-refractivity contribution in [3.63, 3.8) is 0 Å². The first kappa shape index (κ1) is 21.0. The molecule has 0 radical (unpaired) electrons. The summed E-state index contributed by atoms with van der Waals surface area (Å²) in [7, 11) is -4.81. The predicted octanol–water partition coefficient (Wildman–Crippen LogP) is 5.94. The fraction of sp³-hybridized carbons (Fsp3) is 0.143.